The number of hydrogen-bond donors (Lipinski definition) is 0. The Hall–Kier alpha value is -0.950. The number of thiophene rings is 1. The van der Waals surface area contributed by atoms with Crippen LogP contribution in [-0.2, 0) is 16.6 Å². The number of nitrogens with zero attached hydrogens (tertiary/aromatic N) is 1. The van der Waals surface area contributed by atoms with Crippen LogP contribution < -0.4 is 0 Å². The molecule has 0 atom stereocenters. The van der Waals surface area contributed by atoms with Gasteiger partial charge in [-0.1, -0.05) is 30.7 Å². The standard InChI is InChI=1S/C13H13ClFNO2S2/c1-2-16(9-10-7-8-13(14)19-10)20(17,18)12-6-4-3-5-11(12)15/h3-8H,2,9H2,1H3. The molecule has 0 bridgehead atoms. The summed E-state index contributed by atoms with van der Waals surface area (Å²) >= 11 is 7.15. The first-order chi connectivity index (χ1) is 9.45. The van der Waals surface area contributed by atoms with Crippen LogP contribution in [0.3, 0.4) is 0 Å². The molecule has 7 heteroatoms. The predicted octanol–water partition coefficient (Wildman–Crippen LogP) is 3.75. The molecule has 108 valence electrons. The average molecular weight is 334 g/mol. The van der Waals surface area contributed by atoms with E-state index < -0.39 is 15.8 Å². The van der Waals surface area contributed by atoms with E-state index in [4.69, 9.17) is 11.6 Å². The number of halogens is 2. The van der Waals surface area contributed by atoms with Gasteiger partial charge in [0.05, 0.1) is 4.34 Å². The Morgan fingerprint density at radius 2 is 1.95 bits per heavy atom. The monoisotopic (exact) mass is 333 g/mol. The zero-order valence-corrected chi connectivity index (χ0v) is 13.1. The molecular formula is C13H13ClFNO2S2. The zero-order chi connectivity index (χ0) is 14.8. The van der Waals surface area contributed by atoms with Crippen molar-refractivity contribution in [1.29, 1.82) is 0 Å². The van der Waals surface area contributed by atoms with E-state index in [1.165, 1.54) is 33.8 Å². The summed E-state index contributed by atoms with van der Waals surface area (Å²) in [6.45, 7) is 2.16. The molecule has 2 aromatic rings. The van der Waals surface area contributed by atoms with Crippen LogP contribution in [0.4, 0.5) is 4.39 Å². The van der Waals surface area contributed by atoms with Crippen molar-refractivity contribution < 1.29 is 12.8 Å². The lowest BCUT2D eigenvalue weighted by molar-refractivity contribution is 0.422. The normalized spacial score (nSPS) is 12.0. The molecule has 20 heavy (non-hydrogen) atoms. The maximum Gasteiger partial charge on any atom is 0.246 e. The van der Waals surface area contributed by atoms with Gasteiger partial charge in [-0.05, 0) is 24.3 Å². The first-order valence-electron chi connectivity index (χ1n) is 5.94. The fourth-order valence-electron chi connectivity index (χ4n) is 1.77. The summed E-state index contributed by atoms with van der Waals surface area (Å²) in [7, 11) is -3.85. The Bertz CT molecular complexity index is 700. The van der Waals surface area contributed by atoms with Gasteiger partial charge in [0.25, 0.3) is 0 Å². The van der Waals surface area contributed by atoms with Gasteiger partial charge in [0.1, 0.15) is 10.7 Å². The summed E-state index contributed by atoms with van der Waals surface area (Å²) in [4.78, 5) is 0.515. The van der Waals surface area contributed by atoms with Crippen molar-refractivity contribution in [3.8, 4) is 0 Å². The van der Waals surface area contributed by atoms with Crippen LogP contribution in [0.25, 0.3) is 0 Å². The molecule has 1 heterocycles. The van der Waals surface area contributed by atoms with E-state index in [2.05, 4.69) is 0 Å². The highest BCUT2D eigenvalue weighted by Crippen LogP contribution is 2.26. The number of sulfonamides is 1. The van der Waals surface area contributed by atoms with Gasteiger partial charge in [-0.25, -0.2) is 12.8 Å². The summed E-state index contributed by atoms with van der Waals surface area (Å²) < 4.78 is 40.4. The van der Waals surface area contributed by atoms with Gasteiger partial charge < -0.3 is 0 Å². The van der Waals surface area contributed by atoms with Crippen LogP contribution in [-0.4, -0.2) is 19.3 Å². The molecule has 0 spiro atoms. The Labute approximate surface area is 126 Å². The molecule has 0 unspecified atom stereocenters. The minimum Gasteiger partial charge on any atom is -0.207 e. The largest absolute Gasteiger partial charge is 0.246 e. The maximum absolute atomic E-state index is 13.7. The van der Waals surface area contributed by atoms with E-state index in [0.29, 0.717) is 4.34 Å². The van der Waals surface area contributed by atoms with Gasteiger partial charge in [0.2, 0.25) is 10.0 Å². The molecule has 0 amide bonds. The number of hydrogen-bond acceptors (Lipinski definition) is 3. The highest BCUT2D eigenvalue weighted by Gasteiger charge is 2.26. The number of rotatable bonds is 5. The minimum atomic E-state index is -3.85. The molecule has 1 aromatic carbocycles. The second-order valence-corrected chi connectivity index (χ2v) is 7.77. The Morgan fingerprint density at radius 3 is 2.50 bits per heavy atom. The van der Waals surface area contributed by atoms with Crippen molar-refractivity contribution in [2.24, 2.45) is 0 Å². The summed E-state index contributed by atoms with van der Waals surface area (Å²) in [5.74, 6) is -0.741. The molecule has 0 aliphatic rings. The van der Waals surface area contributed by atoms with E-state index in [1.54, 1.807) is 19.1 Å². The SMILES string of the molecule is CCN(Cc1ccc(Cl)s1)S(=O)(=O)c1ccccc1F. The fraction of sp³-hybridized carbons (Fsp3) is 0.231. The van der Waals surface area contributed by atoms with Gasteiger partial charge in [0.15, 0.2) is 0 Å². The first kappa shape index (κ1) is 15.4. The third-order valence-electron chi connectivity index (χ3n) is 2.77. The van der Waals surface area contributed by atoms with E-state index >= 15 is 0 Å². The molecular weight excluding hydrogens is 321 g/mol. The van der Waals surface area contributed by atoms with E-state index in [-0.39, 0.29) is 18.0 Å². The molecule has 0 saturated heterocycles. The number of benzene rings is 1. The van der Waals surface area contributed by atoms with E-state index in [1.807, 2.05) is 0 Å². The molecule has 1 aromatic heterocycles. The van der Waals surface area contributed by atoms with Crippen molar-refractivity contribution in [2.75, 3.05) is 6.54 Å². The lowest BCUT2D eigenvalue weighted by Crippen LogP contribution is -2.30. The molecule has 0 radical (unpaired) electrons. The molecule has 0 aliphatic carbocycles. The zero-order valence-electron chi connectivity index (χ0n) is 10.7. The quantitative estimate of drug-likeness (QED) is 0.835. The summed E-state index contributed by atoms with van der Waals surface area (Å²) in [6.07, 6.45) is 0. The molecule has 0 saturated carbocycles. The van der Waals surface area contributed by atoms with Crippen LogP contribution in [0.2, 0.25) is 4.34 Å². The highest BCUT2D eigenvalue weighted by atomic mass is 35.5. The minimum absolute atomic E-state index is 0.185. The molecule has 2 rings (SSSR count). The van der Waals surface area contributed by atoms with Crippen molar-refractivity contribution in [2.45, 2.75) is 18.4 Å². The maximum atomic E-state index is 13.7. The molecule has 0 N–H and O–H groups in total. The van der Waals surface area contributed by atoms with Crippen LogP contribution in [0.5, 0.6) is 0 Å². The van der Waals surface area contributed by atoms with Crippen LogP contribution >= 0.6 is 22.9 Å². The van der Waals surface area contributed by atoms with Crippen LogP contribution in [0, 0.1) is 5.82 Å². The Balaban J connectivity index is 2.33. The fourth-order valence-corrected chi connectivity index (χ4v) is 4.45. The Morgan fingerprint density at radius 1 is 1.25 bits per heavy atom. The highest BCUT2D eigenvalue weighted by molar-refractivity contribution is 7.89. The van der Waals surface area contributed by atoms with Crippen molar-refractivity contribution >= 4 is 33.0 Å². The Kier molecular flexibility index (Phi) is 4.80. The molecule has 0 fully saturated rings. The van der Waals surface area contributed by atoms with Crippen molar-refractivity contribution in [3.63, 3.8) is 0 Å². The average Bonchev–Trinajstić information content (AvgIpc) is 2.81. The summed E-state index contributed by atoms with van der Waals surface area (Å²) in [5.41, 5.74) is 0. The van der Waals surface area contributed by atoms with E-state index in [0.717, 1.165) is 10.9 Å². The van der Waals surface area contributed by atoms with Gasteiger partial charge in [0, 0.05) is 18.0 Å². The second kappa shape index (κ2) is 6.22. The summed E-state index contributed by atoms with van der Waals surface area (Å²) in [6, 6.07) is 8.87. The smallest absolute Gasteiger partial charge is 0.207 e. The predicted molar refractivity (Wildman–Crippen MR) is 79.0 cm³/mol. The lowest BCUT2D eigenvalue weighted by Gasteiger charge is -2.20. The third-order valence-corrected chi connectivity index (χ3v) is 5.94. The first-order valence-corrected chi connectivity index (χ1v) is 8.57. The van der Waals surface area contributed by atoms with Crippen molar-refractivity contribution in [3.05, 3.63) is 51.4 Å². The molecule has 3 nitrogen and oxygen atoms in total. The van der Waals surface area contributed by atoms with Crippen LogP contribution in [0.1, 0.15) is 11.8 Å². The third kappa shape index (κ3) is 3.20. The van der Waals surface area contributed by atoms with Crippen molar-refractivity contribution in [1.82, 2.24) is 4.31 Å². The topological polar surface area (TPSA) is 37.4 Å². The van der Waals surface area contributed by atoms with E-state index in [9.17, 15) is 12.8 Å². The lowest BCUT2D eigenvalue weighted by atomic mass is 10.3. The summed E-state index contributed by atoms with van der Waals surface area (Å²) in [5, 5.41) is 0. The van der Waals surface area contributed by atoms with Crippen LogP contribution in [0.15, 0.2) is 41.3 Å². The van der Waals surface area contributed by atoms with Gasteiger partial charge >= 0.3 is 0 Å². The molecule has 0 aliphatic heterocycles. The van der Waals surface area contributed by atoms with Gasteiger partial charge in [-0.15, -0.1) is 11.3 Å². The van der Waals surface area contributed by atoms with Gasteiger partial charge in [-0.2, -0.15) is 4.31 Å². The van der Waals surface area contributed by atoms with Gasteiger partial charge in [-0.3, -0.25) is 0 Å². The second-order valence-electron chi connectivity index (χ2n) is 4.07.